The third-order valence-corrected chi connectivity index (χ3v) is 3.73. The summed E-state index contributed by atoms with van der Waals surface area (Å²) in [5.74, 6) is -2.60. The van der Waals surface area contributed by atoms with E-state index in [2.05, 4.69) is 20.6 Å². The van der Waals surface area contributed by atoms with E-state index in [4.69, 9.17) is 0 Å². The Labute approximate surface area is 153 Å². The second-order valence-corrected chi connectivity index (χ2v) is 5.65. The van der Waals surface area contributed by atoms with Crippen LogP contribution in [-0.4, -0.2) is 22.4 Å². The molecule has 2 aromatic carbocycles. The average molecular weight is 372 g/mol. The van der Waals surface area contributed by atoms with Gasteiger partial charge in [-0.2, -0.15) is 0 Å². The molecule has 1 heterocycles. The molecule has 8 heteroatoms. The maximum Gasteiger partial charge on any atom is 0.258 e. The number of carbonyl (C=O) groups excluding carboxylic acids is 1. The molecule has 3 rings (SSSR count). The van der Waals surface area contributed by atoms with Crippen molar-refractivity contribution in [1.82, 2.24) is 9.97 Å². The van der Waals surface area contributed by atoms with Crippen LogP contribution in [-0.2, 0) is 6.42 Å². The van der Waals surface area contributed by atoms with Gasteiger partial charge in [0.15, 0.2) is 11.6 Å². The van der Waals surface area contributed by atoms with Gasteiger partial charge < -0.3 is 10.6 Å². The summed E-state index contributed by atoms with van der Waals surface area (Å²) < 4.78 is 39.6. The number of hydrogen-bond donors (Lipinski definition) is 2. The molecule has 0 saturated heterocycles. The Morgan fingerprint density at radius 2 is 1.67 bits per heavy atom. The van der Waals surface area contributed by atoms with Gasteiger partial charge in [0, 0.05) is 30.7 Å². The molecule has 0 fully saturated rings. The van der Waals surface area contributed by atoms with Crippen LogP contribution < -0.4 is 10.6 Å². The van der Waals surface area contributed by atoms with E-state index in [1.54, 1.807) is 18.2 Å². The summed E-state index contributed by atoms with van der Waals surface area (Å²) in [7, 11) is 0. The van der Waals surface area contributed by atoms with E-state index in [9.17, 15) is 18.0 Å². The highest BCUT2D eigenvalue weighted by molar-refractivity contribution is 6.03. The molecule has 3 aromatic rings. The van der Waals surface area contributed by atoms with Crippen molar-refractivity contribution < 1.29 is 18.0 Å². The number of amides is 1. The molecule has 0 unspecified atom stereocenters. The first kappa shape index (κ1) is 18.4. The molecule has 2 N–H and O–H groups in total. The largest absolute Gasteiger partial charge is 0.354 e. The molecule has 0 radical (unpaired) electrons. The number of rotatable bonds is 6. The van der Waals surface area contributed by atoms with Crippen molar-refractivity contribution in [1.29, 1.82) is 0 Å². The van der Waals surface area contributed by atoms with Crippen LogP contribution in [0.15, 0.2) is 54.9 Å². The van der Waals surface area contributed by atoms with Gasteiger partial charge in [-0.05, 0) is 30.2 Å². The maximum absolute atomic E-state index is 13.5. The van der Waals surface area contributed by atoms with Crippen LogP contribution in [0.3, 0.4) is 0 Å². The number of halogens is 3. The average Bonchev–Trinajstić information content (AvgIpc) is 2.67. The van der Waals surface area contributed by atoms with E-state index < -0.39 is 17.5 Å². The standard InChI is InChI=1S/C19H15F3N4O/c20-15-4-2-1-3-12(15)7-8-23-19-24-10-13(11-25-19)18(27)26-14-5-6-16(21)17(22)9-14/h1-6,9-11H,7-8H2,(H,26,27)(H,23,24,25). The molecule has 27 heavy (non-hydrogen) atoms. The Bertz CT molecular complexity index is 948. The highest BCUT2D eigenvalue weighted by atomic mass is 19.2. The van der Waals surface area contributed by atoms with Gasteiger partial charge in [-0.3, -0.25) is 4.79 Å². The molecule has 1 aromatic heterocycles. The minimum absolute atomic E-state index is 0.117. The van der Waals surface area contributed by atoms with Crippen LogP contribution in [0.1, 0.15) is 15.9 Å². The lowest BCUT2D eigenvalue weighted by Crippen LogP contribution is -2.14. The Hall–Kier alpha value is -3.42. The lowest BCUT2D eigenvalue weighted by atomic mass is 10.1. The number of nitrogens with one attached hydrogen (secondary N) is 2. The SMILES string of the molecule is O=C(Nc1ccc(F)c(F)c1)c1cnc(NCCc2ccccc2F)nc1. The van der Waals surface area contributed by atoms with Crippen molar-refractivity contribution in [3.05, 3.63) is 83.4 Å². The van der Waals surface area contributed by atoms with E-state index in [1.165, 1.54) is 24.5 Å². The van der Waals surface area contributed by atoms with Crippen molar-refractivity contribution in [2.75, 3.05) is 17.2 Å². The van der Waals surface area contributed by atoms with Crippen molar-refractivity contribution in [3.8, 4) is 0 Å². The minimum Gasteiger partial charge on any atom is -0.354 e. The highest BCUT2D eigenvalue weighted by Crippen LogP contribution is 2.14. The Balaban J connectivity index is 1.55. The molecule has 0 bridgehead atoms. The fourth-order valence-corrected chi connectivity index (χ4v) is 2.32. The molecule has 1 amide bonds. The number of carbonyl (C=O) groups is 1. The zero-order valence-corrected chi connectivity index (χ0v) is 14.0. The molecule has 0 atom stereocenters. The number of nitrogens with zero attached hydrogens (tertiary/aromatic N) is 2. The van der Waals surface area contributed by atoms with Crippen LogP contribution in [0.4, 0.5) is 24.8 Å². The molecule has 0 aliphatic carbocycles. The summed E-state index contributed by atoms with van der Waals surface area (Å²) in [6, 6.07) is 9.52. The topological polar surface area (TPSA) is 66.9 Å². The summed E-state index contributed by atoms with van der Waals surface area (Å²) in [4.78, 5) is 20.1. The molecular weight excluding hydrogens is 357 g/mol. The Morgan fingerprint density at radius 3 is 2.37 bits per heavy atom. The van der Waals surface area contributed by atoms with Gasteiger partial charge in [-0.25, -0.2) is 23.1 Å². The van der Waals surface area contributed by atoms with Gasteiger partial charge in [-0.15, -0.1) is 0 Å². The predicted molar refractivity (Wildman–Crippen MR) is 94.9 cm³/mol. The Kier molecular flexibility index (Phi) is 5.65. The van der Waals surface area contributed by atoms with E-state index in [1.807, 2.05) is 0 Å². The second-order valence-electron chi connectivity index (χ2n) is 5.65. The van der Waals surface area contributed by atoms with Crippen LogP contribution >= 0.6 is 0 Å². The quantitative estimate of drug-likeness (QED) is 0.691. The lowest BCUT2D eigenvalue weighted by Gasteiger charge is -2.07. The smallest absolute Gasteiger partial charge is 0.258 e. The first-order chi connectivity index (χ1) is 13.0. The van der Waals surface area contributed by atoms with Crippen molar-refractivity contribution in [2.24, 2.45) is 0 Å². The predicted octanol–water partition coefficient (Wildman–Crippen LogP) is 3.80. The third kappa shape index (κ3) is 4.81. The number of anilines is 2. The first-order valence-corrected chi connectivity index (χ1v) is 8.08. The van der Waals surface area contributed by atoms with Gasteiger partial charge in [0.25, 0.3) is 5.91 Å². The first-order valence-electron chi connectivity index (χ1n) is 8.08. The van der Waals surface area contributed by atoms with Gasteiger partial charge in [0.1, 0.15) is 5.82 Å². The third-order valence-electron chi connectivity index (χ3n) is 3.73. The summed E-state index contributed by atoms with van der Waals surface area (Å²) >= 11 is 0. The van der Waals surface area contributed by atoms with E-state index in [0.29, 0.717) is 18.5 Å². The maximum atomic E-state index is 13.5. The molecule has 5 nitrogen and oxygen atoms in total. The number of hydrogen-bond acceptors (Lipinski definition) is 4. The molecule has 0 aliphatic rings. The monoisotopic (exact) mass is 372 g/mol. The summed E-state index contributed by atoms with van der Waals surface area (Å²) in [6.07, 6.45) is 3.05. The van der Waals surface area contributed by atoms with Gasteiger partial charge in [0.05, 0.1) is 5.56 Å². The minimum atomic E-state index is -1.06. The van der Waals surface area contributed by atoms with Gasteiger partial charge in [-0.1, -0.05) is 18.2 Å². The van der Waals surface area contributed by atoms with E-state index in [0.717, 1.165) is 12.1 Å². The van der Waals surface area contributed by atoms with Crippen LogP contribution in [0, 0.1) is 17.5 Å². The highest BCUT2D eigenvalue weighted by Gasteiger charge is 2.10. The van der Waals surface area contributed by atoms with Gasteiger partial charge in [0.2, 0.25) is 5.95 Å². The molecule has 0 saturated carbocycles. The molecular formula is C19H15F3N4O. The zero-order chi connectivity index (χ0) is 19.2. The van der Waals surface area contributed by atoms with Crippen LogP contribution in [0.5, 0.6) is 0 Å². The Morgan fingerprint density at radius 1 is 0.926 bits per heavy atom. The summed E-state index contributed by atoms with van der Waals surface area (Å²) in [5, 5.41) is 5.37. The van der Waals surface area contributed by atoms with Gasteiger partial charge >= 0.3 is 0 Å². The molecule has 0 aliphatic heterocycles. The summed E-state index contributed by atoms with van der Waals surface area (Å²) in [6.45, 7) is 0.418. The number of benzene rings is 2. The zero-order valence-electron chi connectivity index (χ0n) is 14.0. The van der Waals surface area contributed by atoms with Crippen molar-refractivity contribution in [3.63, 3.8) is 0 Å². The van der Waals surface area contributed by atoms with Crippen molar-refractivity contribution >= 4 is 17.5 Å². The second kappa shape index (κ2) is 8.31. The van der Waals surface area contributed by atoms with E-state index in [-0.39, 0.29) is 23.0 Å². The fourth-order valence-electron chi connectivity index (χ4n) is 2.32. The van der Waals surface area contributed by atoms with E-state index >= 15 is 0 Å². The fraction of sp³-hybridized carbons (Fsp3) is 0.105. The summed E-state index contributed by atoms with van der Waals surface area (Å²) in [5.41, 5.74) is 0.845. The number of aromatic nitrogens is 2. The molecule has 0 spiro atoms. The lowest BCUT2D eigenvalue weighted by molar-refractivity contribution is 0.102. The molecule has 138 valence electrons. The van der Waals surface area contributed by atoms with Crippen LogP contribution in [0.2, 0.25) is 0 Å². The van der Waals surface area contributed by atoms with Crippen LogP contribution in [0.25, 0.3) is 0 Å². The van der Waals surface area contributed by atoms with Crippen molar-refractivity contribution in [2.45, 2.75) is 6.42 Å². The normalized spacial score (nSPS) is 10.5.